The van der Waals surface area contributed by atoms with Gasteiger partial charge in [0, 0.05) is 31.0 Å². The second-order valence-electron chi connectivity index (χ2n) is 4.81. The number of nitrogens with one attached hydrogen (secondary N) is 1. The number of pyridine rings is 1. The second-order valence-corrected chi connectivity index (χ2v) is 4.81. The van der Waals surface area contributed by atoms with Crippen LogP contribution in [0.15, 0.2) is 24.5 Å². The first kappa shape index (κ1) is 12.6. The third-order valence-electron chi connectivity index (χ3n) is 3.39. The number of nitrogens with two attached hydrogens (primary N) is 1. The van der Waals surface area contributed by atoms with Crippen LogP contribution >= 0.6 is 0 Å². The Morgan fingerprint density at radius 3 is 3.00 bits per heavy atom. The molecule has 4 N–H and O–H groups in total. The van der Waals surface area contributed by atoms with Gasteiger partial charge in [0.1, 0.15) is 5.82 Å². The lowest BCUT2D eigenvalue weighted by Gasteiger charge is -2.19. The summed E-state index contributed by atoms with van der Waals surface area (Å²) in [4.78, 5) is 17.9. The number of carbonyl (C=O) groups is 1. The van der Waals surface area contributed by atoms with Crippen molar-refractivity contribution in [3.63, 3.8) is 0 Å². The topological polar surface area (TPSA) is 108 Å². The lowest BCUT2D eigenvalue weighted by molar-refractivity contribution is 0.100. The van der Waals surface area contributed by atoms with Crippen LogP contribution in [-0.2, 0) is 0 Å². The molecule has 1 atom stereocenters. The third kappa shape index (κ3) is 2.23. The van der Waals surface area contributed by atoms with Gasteiger partial charge in [0.25, 0.3) is 5.91 Å². The number of H-pyrrole nitrogens is 1. The van der Waals surface area contributed by atoms with E-state index in [4.69, 9.17) is 5.73 Å². The molecule has 1 aliphatic heterocycles. The summed E-state index contributed by atoms with van der Waals surface area (Å²) in [6.07, 6.45) is 3.64. The molecule has 0 spiro atoms. The number of anilines is 1. The highest BCUT2D eigenvalue weighted by Crippen LogP contribution is 2.26. The first-order valence-electron chi connectivity index (χ1n) is 6.38. The smallest absolute Gasteiger partial charge is 0.252 e. The van der Waals surface area contributed by atoms with E-state index in [0.717, 1.165) is 5.56 Å². The van der Waals surface area contributed by atoms with E-state index >= 15 is 0 Å². The SMILES string of the molecule is NC(=O)c1cc(-c2cc[nH]n2)cnc1N1CCC(O)C1. The fourth-order valence-corrected chi connectivity index (χ4v) is 2.39. The molecule has 3 rings (SSSR count). The lowest BCUT2D eigenvalue weighted by atomic mass is 10.1. The maximum Gasteiger partial charge on any atom is 0.252 e. The number of rotatable bonds is 3. The number of aromatic nitrogens is 3. The Bertz CT molecular complexity index is 626. The van der Waals surface area contributed by atoms with Gasteiger partial charge < -0.3 is 15.7 Å². The summed E-state index contributed by atoms with van der Waals surface area (Å²) in [7, 11) is 0. The summed E-state index contributed by atoms with van der Waals surface area (Å²) < 4.78 is 0. The van der Waals surface area contributed by atoms with Gasteiger partial charge in [-0.25, -0.2) is 4.98 Å². The predicted octanol–water partition coefficient (Wildman–Crippen LogP) is 0.142. The molecule has 2 aromatic heterocycles. The fourth-order valence-electron chi connectivity index (χ4n) is 2.39. The first-order chi connectivity index (χ1) is 9.65. The number of hydrogen-bond donors (Lipinski definition) is 3. The number of aliphatic hydroxyl groups excluding tert-OH is 1. The van der Waals surface area contributed by atoms with Crippen LogP contribution in [0.2, 0.25) is 0 Å². The zero-order valence-electron chi connectivity index (χ0n) is 10.8. The molecule has 1 amide bonds. The average Bonchev–Trinajstić information content (AvgIpc) is 3.09. The largest absolute Gasteiger partial charge is 0.391 e. The number of β-amino-alcohol motifs (C(OH)–C–C–N with tert-alkyl or cyclic N) is 1. The van der Waals surface area contributed by atoms with Crippen molar-refractivity contribution in [2.24, 2.45) is 5.73 Å². The van der Waals surface area contributed by atoms with Gasteiger partial charge in [0.05, 0.1) is 17.4 Å². The van der Waals surface area contributed by atoms with Crippen molar-refractivity contribution in [1.29, 1.82) is 0 Å². The Morgan fingerprint density at radius 2 is 2.40 bits per heavy atom. The Morgan fingerprint density at radius 1 is 1.55 bits per heavy atom. The quantitative estimate of drug-likeness (QED) is 0.737. The molecule has 2 aromatic rings. The maximum atomic E-state index is 11.6. The van der Waals surface area contributed by atoms with Crippen LogP contribution in [0.3, 0.4) is 0 Å². The van der Waals surface area contributed by atoms with E-state index in [0.29, 0.717) is 36.6 Å². The second kappa shape index (κ2) is 4.93. The van der Waals surface area contributed by atoms with E-state index in [1.54, 1.807) is 24.5 Å². The summed E-state index contributed by atoms with van der Waals surface area (Å²) >= 11 is 0. The minimum absolute atomic E-state index is 0.347. The van der Waals surface area contributed by atoms with Gasteiger partial charge in [-0.3, -0.25) is 9.89 Å². The molecule has 3 heterocycles. The third-order valence-corrected chi connectivity index (χ3v) is 3.39. The zero-order chi connectivity index (χ0) is 14.1. The molecule has 1 unspecified atom stereocenters. The standard InChI is InChI=1S/C13H15N5O2/c14-12(20)10-5-8(11-1-3-16-17-11)6-15-13(10)18-4-2-9(19)7-18/h1,3,5-6,9,19H,2,4,7H2,(H2,14,20)(H,16,17). The summed E-state index contributed by atoms with van der Waals surface area (Å²) in [5.74, 6) is -0.0142. The minimum atomic E-state index is -0.536. The monoisotopic (exact) mass is 273 g/mol. The van der Waals surface area contributed by atoms with Crippen molar-refractivity contribution in [1.82, 2.24) is 15.2 Å². The van der Waals surface area contributed by atoms with Crippen molar-refractivity contribution in [2.45, 2.75) is 12.5 Å². The molecule has 7 heteroatoms. The molecular formula is C13H15N5O2. The van der Waals surface area contributed by atoms with Crippen LogP contribution in [0, 0.1) is 0 Å². The molecule has 0 radical (unpaired) electrons. The van der Waals surface area contributed by atoms with Gasteiger partial charge in [0.15, 0.2) is 0 Å². The van der Waals surface area contributed by atoms with Gasteiger partial charge in [-0.1, -0.05) is 0 Å². The number of carbonyl (C=O) groups excluding carboxylic acids is 1. The van der Waals surface area contributed by atoms with E-state index in [-0.39, 0.29) is 6.10 Å². The lowest BCUT2D eigenvalue weighted by Crippen LogP contribution is -2.26. The zero-order valence-corrected chi connectivity index (χ0v) is 10.8. The number of aromatic amines is 1. The number of amides is 1. The molecule has 0 aromatic carbocycles. The Hall–Kier alpha value is -2.41. The summed E-state index contributed by atoms with van der Waals surface area (Å²) in [5.41, 5.74) is 7.22. The predicted molar refractivity (Wildman–Crippen MR) is 73.2 cm³/mol. The normalized spacial score (nSPS) is 18.4. The van der Waals surface area contributed by atoms with Crippen LogP contribution < -0.4 is 10.6 Å². The van der Waals surface area contributed by atoms with Crippen LogP contribution in [-0.4, -0.2) is 45.4 Å². The van der Waals surface area contributed by atoms with Crippen LogP contribution in [0.25, 0.3) is 11.3 Å². The summed E-state index contributed by atoms with van der Waals surface area (Å²) in [6.45, 7) is 1.13. The van der Waals surface area contributed by atoms with Crippen molar-refractivity contribution in [2.75, 3.05) is 18.0 Å². The molecule has 0 saturated carbocycles. The molecule has 1 aliphatic rings. The highest BCUT2D eigenvalue weighted by molar-refractivity contribution is 5.98. The van der Waals surface area contributed by atoms with Crippen molar-refractivity contribution in [3.05, 3.63) is 30.1 Å². The molecular weight excluding hydrogens is 258 g/mol. The molecule has 104 valence electrons. The highest BCUT2D eigenvalue weighted by atomic mass is 16.3. The van der Waals surface area contributed by atoms with Gasteiger partial charge in [-0.15, -0.1) is 0 Å². The van der Waals surface area contributed by atoms with Crippen LogP contribution in [0.5, 0.6) is 0 Å². The highest BCUT2D eigenvalue weighted by Gasteiger charge is 2.25. The van der Waals surface area contributed by atoms with E-state index in [1.807, 2.05) is 4.90 Å². The van der Waals surface area contributed by atoms with Gasteiger partial charge in [0.2, 0.25) is 0 Å². The number of hydrogen-bond acceptors (Lipinski definition) is 5. The molecule has 1 fully saturated rings. The van der Waals surface area contributed by atoms with Gasteiger partial charge in [-0.2, -0.15) is 5.10 Å². The summed E-state index contributed by atoms with van der Waals surface area (Å²) in [5, 5.41) is 16.4. The maximum absolute atomic E-state index is 11.6. The van der Waals surface area contributed by atoms with E-state index < -0.39 is 5.91 Å². The minimum Gasteiger partial charge on any atom is -0.391 e. The molecule has 0 bridgehead atoms. The van der Waals surface area contributed by atoms with Crippen LogP contribution in [0.1, 0.15) is 16.8 Å². The van der Waals surface area contributed by atoms with Gasteiger partial charge in [-0.05, 0) is 18.6 Å². The Kier molecular flexibility index (Phi) is 3.11. The molecule has 0 aliphatic carbocycles. The van der Waals surface area contributed by atoms with Crippen molar-refractivity contribution >= 4 is 11.7 Å². The Balaban J connectivity index is 2.01. The number of primary amides is 1. The van der Waals surface area contributed by atoms with E-state index in [2.05, 4.69) is 15.2 Å². The van der Waals surface area contributed by atoms with Crippen molar-refractivity contribution < 1.29 is 9.90 Å². The Labute approximate surface area is 115 Å². The number of aliphatic hydroxyl groups is 1. The van der Waals surface area contributed by atoms with E-state index in [9.17, 15) is 9.90 Å². The molecule has 20 heavy (non-hydrogen) atoms. The van der Waals surface area contributed by atoms with Crippen molar-refractivity contribution in [3.8, 4) is 11.3 Å². The first-order valence-corrected chi connectivity index (χ1v) is 6.38. The fraction of sp³-hybridized carbons (Fsp3) is 0.308. The number of nitrogens with zero attached hydrogens (tertiary/aromatic N) is 3. The average molecular weight is 273 g/mol. The van der Waals surface area contributed by atoms with Crippen LogP contribution in [0.4, 0.5) is 5.82 Å². The molecule has 1 saturated heterocycles. The molecule has 7 nitrogen and oxygen atoms in total. The summed E-state index contributed by atoms with van der Waals surface area (Å²) in [6, 6.07) is 3.48. The van der Waals surface area contributed by atoms with Gasteiger partial charge >= 0.3 is 0 Å². The van der Waals surface area contributed by atoms with E-state index in [1.165, 1.54) is 0 Å².